The van der Waals surface area contributed by atoms with Gasteiger partial charge in [-0.15, -0.1) is 0 Å². The number of benzene rings is 2. The van der Waals surface area contributed by atoms with Crippen molar-refractivity contribution in [3.63, 3.8) is 0 Å². The number of carboxylic acid groups (broad SMARTS) is 1. The predicted octanol–water partition coefficient (Wildman–Crippen LogP) is 4.38. The van der Waals surface area contributed by atoms with Crippen molar-refractivity contribution in [2.24, 2.45) is 0 Å². The van der Waals surface area contributed by atoms with E-state index in [0.29, 0.717) is 21.9 Å². The monoisotopic (exact) mass is 310 g/mol. The van der Waals surface area contributed by atoms with E-state index in [9.17, 15) is 9.59 Å². The van der Waals surface area contributed by atoms with Gasteiger partial charge in [0.1, 0.15) is 11.2 Å². The van der Waals surface area contributed by atoms with E-state index in [4.69, 9.17) is 9.52 Å². The normalized spacial score (nSPS) is 11.2. The summed E-state index contributed by atoms with van der Waals surface area (Å²) in [6, 6.07) is 10.0. The van der Waals surface area contributed by atoms with Crippen molar-refractivity contribution in [3.8, 4) is 0 Å². The molecule has 1 heterocycles. The average molecular weight is 310 g/mol. The van der Waals surface area contributed by atoms with Crippen LogP contribution in [0.5, 0.6) is 0 Å². The summed E-state index contributed by atoms with van der Waals surface area (Å²) in [5.41, 5.74) is 2.01. The predicted molar refractivity (Wildman–Crippen MR) is 90.2 cm³/mol. The first kappa shape index (κ1) is 15.3. The van der Waals surface area contributed by atoms with Crippen LogP contribution in [0, 0.1) is 0 Å². The second kappa shape index (κ2) is 6.24. The minimum atomic E-state index is -1.06. The minimum absolute atomic E-state index is 0.0836. The molecule has 0 amide bonds. The molecule has 4 heteroatoms. The van der Waals surface area contributed by atoms with E-state index in [1.54, 1.807) is 12.1 Å². The number of fused-ring (bicyclic) bond motifs is 2. The summed E-state index contributed by atoms with van der Waals surface area (Å²) < 4.78 is 5.82. The van der Waals surface area contributed by atoms with Crippen molar-refractivity contribution in [1.82, 2.24) is 0 Å². The first-order valence-electron chi connectivity index (χ1n) is 7.83. The molecule has 0 radical (unpaired) electrons. The fourth-order valence-electron chi connectivity index (χ4n) is 2.77. The van der Waals surface area contributed by atoms with E-state index in [-0.39, 0.29) is 11.0 Å². The van der Waals surface area contributed by atoms with Gasteiger partial charge in [-0.3, -0.25) is 4.79 Å². The highest BCUT2D eigenvalue weighted by molar-refractivity contribution is 5.96. The van der Waals surface area contributed by atoms with Crippen molar-refractivity contribution in [1.29, 1.82) is 0 Å². The zero-order valence-corrected chi connectivity index (χ0v) is 13.0. The van der Waals surface area contributed by atoms with Crippen LogP contribution in [0.25, 0.3) is 21.9 Å². The van der Waals surface area contributed by atoms with E-state index in [1.165, 1.54) is 25.0 Å². The molecule has 0 atom stereocenters. The number of aromatic carboxylic acids is 1. The van der Waals surface area contributed by atoms with Gasteiger partial charge in [0.25, 0.3) is 0 Å². The van der Waals surface area contributed by atoms with Crippen molar-refractivity contribution in [3.05, 3.63) is 57.7 Å². The summed E-state index contributed by atoms with van der Waals surface area (Å²) >= 11 is 0. The molecule has 1 N–H and O–H groups in total. The maximum absolute atomic E-state index is 12.6. The molecule has 3 aromatic rings. The zero-order valence-electron chi connectivity index (χ0n) is 13.0. The van der Waals surface area contributed by atoms with Crippen LogP contribution in [0.3, 0.4) is 0 Å². The number of hydrogen-bond donors (Lipinski definition) is 1. The molecule has 0 spiro atoms. The lowest BCUT2D eigenvalue weighted by atomic mass is 10.0. The molecular weight excluding hydrogens is 292 g/mol. The van der Waals surface area contributed by atoms with Gasteiger partial charge in [-0.05, 0) is 48.7 Å². The Bertz CT molecular complexity index is 937. The largest absolute Gasteiger partial charge is 0.478 e. The molecule has 0 saturated heterocycles. The van der Waals surface area contributed by atoms with Crippen LogP contribution in [-0.4, -0.2) is 11.1 Å². The van der Waals surface area contributed by atoms with E-state index in [2.05, 4.69) is 6.92 Å². The highest BCUT2D eigenvalue weighted by Crippen LogP contribution is 2.21. The summed E-state index contributed by atoms with van der Waals surface area (Å²) in [6.45, 7) is 2.16. The first-order valence-corrected chi connectivity index (χ1v) is 7.83. The van der Waals surface area contributed by atoms with Crippen LogP contribution in [-0.2, 0) is 6.42 Å². The highest BCUT2D eigenvalue weighted by Gasteiger charge is 2.11. The Kier molecular flexibility index (Phi) is 4.15. The molecule has 0 saturated carbocycles. The van der Waals surface area contributed by atoms with Crippen molar-refractivity contribution in [2.75, 3.05) is 0 Å². The van der Waals surface area contributed by atoms with Gasteiger partial charge in [0.05, 0.1) is 16.3 Å². The quantitative estimate of drug-likeness (QED) is 0.561. The van der Waals surface area contributed by atoms with Gasteiger partial charge in [-0.25, -0.2) is 4.79 Å². The van der Waals surface area contributed by atoms with Crippen molar-refractivity contribution in [2.45, 2.75) is 32.6 Å². The number of hydrogen-bond acceptors (Lipinski definition) is 3. The summed E-state index contributed by atoms with van der Waals surface area (Å²) in [5.74, 6) is -1.06. The fourth-order valence-corrected chi connectivity index (χ4v) is 2.77. The summed E-state index contributed by atoms with van der Waals surface area (Å²) in [6.07, 6.45) is 4.42. The van der Waals surface area contributed by atoms with Crippen LogP contribution < -0.4 is 5.43 Å². The van der Waals surface area contributed by atoms with Gasteiger partial charge in [0.2, 0.25) is 5.43 Å². The maximum Gasteiger partial charge on any atom is 0.335 e. The number of unbranched alkanes of at least 4 members (excludes halogenated alkanes) is 2. The van der Waals surface area contributed by atoms with Gasteiger partial charge >= 0.3 is 5.97 Å². The van der Waals surface area contributed by atoms with E-state index in [1.807, 2.05) is 12.1 Å². The molecule has 0 aliphatic carbocycles. The fraction of sp³-hybridized carbons (Fsp3) is 0.263. The Morgan fingerprint density at radius 3 is 2.61 bits per heavy atom. The second-order valence-corrected chi connectivity index (χ2v) is 5.73. The number of rotatable bonds is 5. The number of carbonyl (C=O) groups is 1. The zero-order chi connectivity index (χ0) is 16.4. The molecule has 23 heavy (non-hydrogen) atoms. The Hall–Kier alpha value is -2.62. The number of aryl methyl sites for hydroxylation is 1. The standard InChI is InChI=1S/C19H18O4/c1-2-3-4-5-12-6-8-14-17(10-12)23-16-9-7-13(19(21)22)11-15(16)18(14)20/h6-11H,2-5H2,1H3,(H,21,22). The highest BCUT2D eigenvalue weighted by atomic mass is 16.4. The maximum atomic E-state index is 12.6. The Morgan fingerprint density at radius 2 is 1.87 bits per heavy atom. The molecule has 3 rings (SSSR count). The molecule has 118 valence electrons. The third-order valence-corrected chi connectivity index (χ3v) is 4.05. The van der Waals surface area contributed by atoms with E-state index < -0.39 is 5.97 Å². The van der Waals surface area contributed by atoms with Crippen LogP contribution >= 0.6 is 0 Å². The molecule has 0 fully saturated rings. The lowest BCUT2D eigenvalue weighted by molar-refractivity contribution is 0.0697. The molecule has 0 bridgehead atoms. The smallest absolute Gasteiger partial charge is 0.335 e. The van der Waals surface area contributed by atoms with Crippen LogP contribution in [0.1, 0.15) is 42.1 Å². The van der Waals surface area contributed by atoms with Gasteiger partial charge in [0.15, 0.2) is 0 Å². The van der Waals surface area contributed by atoms with Crippen LogP contribution in [0.4, 0.5) is 0 Å². The summed E-state index contributed by atoms with van der Waals surface area (Å²) in [4.78, 5) is 23.6. The van der Waals surface area contributed by atoms with E-state index in [0.717, 1.165) is 18.4 Å². The molecular formula is C19H18O4. The minimum Gasteiger partial charge on any atom is -0.478 e. The van der Waals surface area contributed by atoms with Gasteiger partial charge in [-0.2, -0.15) is 0 Å². The summed E-state index contributed by atoms with van der Waals surface area (Å²) in [7, 11) is 0. The lowest BCUT2D eigenvalue weighted by Crippen LogP contribution is -2.05. The SMILES string of the molecule is CCCCCc1ccc2c(=O)c3cc(C(=O)O)ccc3oc2c1. The Labute approximate surface area is 133 Å². The molecule has 2 aromatic carbocycles. The first-order chi connectivity index (χ1) is 11.1. The molecule has 0 aliphatic heterocycles. The third kappa shape index (κ3) is 2.97. The van der Waals surface area contributed by atoms with Gasteiger partial charge in [-0.1, -0.05) is 25.8 Å². The van der Waals surface area contributed by atoms with Crippen molar-refractivity contribution >= 4 is 27.9 Å². The Balaban J connectivity index is 2.12. The molecule has 1 aromatic heterocycles. The second-order valence-electron chi connectivity index (χ2n) is 5.73. The van der Waals surface area contributed by atoms with Gasteiger partial charge in [0, 0.05) is 0 Å². The topological polar surface area (TPSA) is 67.5 Å². The lowest BCUT2D eigenvalue weighted by Gasteiger charge is -2.05. The summed E-state index contributed by atoms with van der Waals surface area (Å²) in [5, 5.41) is 9.84. The van der Waals surface area contributed by atoms with Crippen LogP contribution in [0.2, 0.25) is 0 Å². The van der Waals surface area contributed by atoms with E-state index >= 15 is 0 Å². The third-order valence-electron chi connectivity index (χ3n) is 4.05. The number of carboxylic acids is 1. The van der Waals surface area contributed by atoms with Crippen molar-refractivity contribution < 1.29 is 14.3 Å². The molecule has 4 nitrogen and oxygen atoms in total. The van der Waals surface area contributed by atoms with Crippen LogP contribution in [0.15, 0.2) is 45.6 Å². The Morgan fingerprint density at radius 1 is 1.04 bits per heavy atom. The molecule has 0 aliphatic rings. The average Bonchev–Trinajstić information content (AvgIpc) is 2.55. The molecule has 0 unspecified atom stereocenters. The van der Waals surface area contributed by atoms with Gasteiger partial charge < -0.3 is 9.52 Å².